The van der Waals surface area contributed by atoms with Crippen LogP contribution in [0.15, 0.2) is 35.4 Å². The van der Waals surface area contributed by atoms with Crippen LogP contribution in [0.25, 0.3) is 0 Å². The van der Waals surface area contributed by atoms with Crippen LogP contribution in [0.5, 0.6) is 0 Å². The Bertz CT molecular complexity index is 819. The zero-order valence-electron chi connectivity index (χ0n) is 12.7. The molecule has 6 nitrogen and oxygen atoms in total. The van der Waals surface area contributed by atoms with Gasteiger partial charge in [0.05, 0.1) is 6.54 Å². The summed E-state index contributed by atoms with van der Waals surface area (Å²) in [6, 6.07) is 4.64. The maximum absolute atomic E-state index is 13.6. The third-order valence-electron chi connectivity index (χ3n) is 3.73. The Morgan fingerprint density at radius 2 is 1.79 bits per heavy atom. The number of nitrogens with one attached hydrogen (secondary N) is 1. The number of anilines is 1. The molecule has 0 aliphatic carbocycles. The lowest BCUT2D eigenvalue weighted by atomic mass is 10.3. The molecule has 1 fully saturated rings. The summed E-state index contributed by atoms with van der Waals surface area (Å²) < 4.78 is 53.7. The van der Waals surface area contributed by atoms with E-state index in [0.717, 1.165) is 44.1 Å². The van der Waals surface area contributed by atoms with E-state index >= 15 is 0 Å². The van der Waals surface area contributed by atoms with Crippen molar-refractivity contribution in [3.63, 3.8) is 0 Å². The molecule has 0 atom stereocenters. The molecule has 1 saturated heterocycles. The van der Waals surface area contributed by atoms with Gasteiger partial charge < -0.3 is 4.90 Å². The van der Waals surface area contributed by atoms with E-state index in [1.807, 2.05) is 0 Å². The first-order valence-corrected chi connectivity index (χ1v) is 8.96. The molecule has 128 valence electrons. The Morgan fingerprint density at radius 1 is 1.12 bits per heavy atom. The molecule has 0 bridgehead atoms. The Balaban J connectivity index is 1.76. The van der Waals surface area contributed by atoms with Crippen LogP contribution < -0.4 is 9.62 Å². The van der Waals surface area contributed by atoms with E-state index in [-0.39, 0.29) is 12.4 Å². The number of halogens is 2. The highest BCUT2D eigenvalue weighted by Gasteiger charge is 2.24. The van der Waals surface area contributed by atoms with Crippen LogP contribution in [0.3, 0.4) is 0 Å². The van der Waals surface area contributed by atoms with Crippen LogP contribution in [0.4, 0.5) is 14.6 Å². The molecule has 1 aliphatic heterocycles. The van der Waals surface area contributed by atoms with Gasteiger partial charge in [-0.2, -0.15) is 0 Å². The van der Waals surface area contributed by atoms with E-state index in [2.05, 4.69) is 19.6 Å². The third kappa shape index (κ3) is 3.51. The third-order valence-corrected chi connectivity index (χ3v) is 5.18. The summed E-state index contributed by atoms with van der Waals surface area (Å²) >= 11 is 0. The molecular weight excluding hydrogens is 338 g/mol. The average molecular weight is 354 g/mol. The van der Waals surface area contributed by atoms with Crippen molar-refractivity contribution < 1.29 is 17.2 Å². The van der Waals surface area contributed by atoms with Gasteiger partial charge in [0.25, 0.3) is 0 Å². The zero-order valence-corrected chi connectivity index (χ0v) is 13.6. The second kappa shape index (κ2) is 6.78. The largest absolute Gasteiger partial charge is 0.357 e. The van der Waals surface area contributed by atoms with Crippen LogP contribution in [0, 0.1) is 11.6 Å². The molecule has 0 saturated carbocycles. The van der Waals surface area contributed by atoms with Crippen molar-refractivity contribution in [3.8, 4) is 0 Å². The van der Waals surface area contributed by atoms with Gasteiger partial charge in [0, 0.05) is 19.3 Å². The highest BCUT2D eigenvalue weighted by molar-refractivity contribution is 7.89. The van der Waals surface area contributed by atoms with E-state index in [1.165, 1.54) is 6.20 Å². The smallest absolute Gasteiger partial charge is 0.246 e. The van der Waals surface area contributed by atoms with Gasteiger partial charge in [0.15, 0.2) is 4.90 Å². The normalized spacial score (nSPS) is 15.0. The molecule has 0 unspecified atom stereocenters. The van der Waals surface area contributed by atoms with Crippen LogP contribution in [0.2, 0.25) is 0 Å². The number of benzene rings is 1. The van der Waals surface area contributed by atoms with Crippen LogP contribution in [0.1, 0.15) is 18.7 Å². The summed E-state index contributed by atoms with van der Waals surface area (Å²) in [5, 5.41) is 0. The summed E-state index contributed by atoms with van der Waals surface area (Å²) in [6.45, 7) is 1.53. The zero-order chi connectivity index (χ0) is 17.2. The Kier molecular flexibility index (Phi) is 4.72. The molecule has 2 heterocycles. The van der Waals surface area contributed by atoms with Crippen molar-refractivity contribution >= 4 is 15.8 Å². The fourth-order valence-electron chi connectivity index (χ4n) is 2.57. The van der Waals surface area contributed by atoms with Gasteiger partial charge in [-0.1, -0.05) is 6.07 Å². The molecule has 0 spiro atoms. The molecule has 3 rings (SSSR count). The summed E-state index contributed by atoms with van der Waals surface area (Å²) in [7, 11) is -4.35. The van der Waals surface area contributed by atoms with Gasteiger partial charge >= 0.3 is 0 Å². The lowest BCUT2D eigenvalue weighted by molar-refractivity contribution is 0.513. The highest BCUT2D eigenvalue weighted by Crippen LogP contribution is 2.19. The number of sulfonamides is 1. The van der Waals surface area contributed by atoms with Crippen molar-refractivity contribution in [3.05, 3.63) is 47.9 Å². The second-order valence-electron chi connectivity index (χ2n) is 5.40. The Hall–Kier alpha value is -2.13. The van der Waals surface area contributed by atoms with Crippen molar-refractivity contribution in [2.45, 2.75) is 24.3 Å². The fraction of sp³-hybridized carbons (Fsp3) is 0.333. The van der Waals surface area contributed by atoms with Gasteiger partial charge in [0.2, 0.25) is 10.0 Å². The average Bonchev–Trinajstić information content (AvgIpc) is 3.07. The van der Waals surface area contributed by atoms with Crippen molar-refractivity contribution in [2.75, 3.05) is 18.0 Å². The first kappa shape index (κ1) is 16.7. The molecular formula is C15H16F2N4O2S. The monoisotopic (exact) mass is 354 g/mol. The number of nitrogens with zero attached hydrogens (tertiary/aromatic N) is 3. The van der Waals surface area contributed by atoms with Crippen LogP contribution >= 0.6 is 0 Å². The molecule has 9 heteroatoms. The molecule has 1 aromatic heterocycles. The molecule has 1 N–H and O–H groups in total. The molecule has 0 amide bonds. The first-order chi connectivity index (χ1) is 11.5. The van der Waals surface area contributed by atoms with Gasteiger partial charge in [-0.3, -0.25) is 0 Å². The van der Waals surface area contributed by atoms with Gasteiger partial charge in [-0.25, -0.2) is 31.9 Å². The minimum absolute atomic E-state index is 0.236. The topological polar surface area (TPSA) is 75.2 Å². The molecule has 24 heavy (non-hydrogen) atoms. The predicted octanol–water partition coefficient (Wildman–Crippen LogP) is 1.83. The van der Waals surface area contributed by atoms with Gasteiger partial charge in [-0.05, 0) is 31.0 Å². The van der Waals surface area contributed by atoms with Crippen molar-refractivity contribution in [1.82, 2.24) is 14.7 Å². The van der Waals surface area contributed by atoms with Crippen molar-refractivity contribution in [2.24, 2.45) is 0 Å². The van der Waals surface area contributed by atoms with Crippen molar-refractivity contribution in [1.29, 1.82) is 0 Å². The number of hydrogen-bond acceptors (Lipinski definition) is 5. The Labute approximate surface area is 138 Å². The number of aromatic nitrogens is 2. The summed E-state index contributed by atoms with van der Waals surface area (Å²) in [6.07, 6.45) is 3.70. The standard InChI is InChI=1S/C15H16F2N4O2S/c16-11-4-3-5-12(17)15(11)24(22,23)19-10-13-18-7-6-14(20-13)21-8-1-2-9-21/h3-7,19H,1-2,8-10H2. The highest BCUT2D eigenvalue weighted by atomic mass is 32.2. The molecule has 1 aliphatic rings. The van der Waals surface area contributed by atoms with Gasteiger partial charge in [-0.15, -0.1) is 0 Å². The van der Waals surface area contributed by atoms with E-state index in [0.29, 0.717) is 5.82 Å². The summed E-state index contributed by atoms with van der Waals surface area (Å²) in [4.78, 5) is 9.38. The summed E-state index contributed by atoms with van der Waals surface area (Å²) in [5.41, 5.74) is 0. The molecule has 1 aromatic carbocycles. The van der Waals surface area contributed by atoms with E-state index < -0.39 is 26.6 Å². The maximum Gasteiger partial charge on any atom is 0.246 e. The lowest BCUT2D eigenvalue weighted by Crippen LogP contribution is -2.27. The van der Waals surface area contributed by atoms with Crippen LogP contribution in [-0.2, 0) is 16.6 Å². The number of rotatable bonds is 5. The lowest BCUT2D eigenvalue weighted by Gasteiger charge is -2.16. The van der Waals surface area contributed by atoms with E-state index in [9.17, 15) is 17.2 Å². The minimum Gasteiger partial charge on any atom is -0.357 e. The van der Waals surface area contributed by atoms with Gasteiger partial charge in [0.1, 0.15) is 23.3 Å². The van der Waals surface area contributed by atoms with E-state index in [1.54, 1.807) is 6.07 Å². The summed E-state index contributed by atoms with van der Waals surface area (Å²) in [5.74, 6) is -1.34. The fourth-order valence-corrected chi connectivity index (χ4v) is 3.68. The maximum atomic E-state index is 13.6. The molecule has 2 aromatic rings. The molecule has 0 radical (unpaired) electrons. The Morgan fingerprint density at radius 3 is 2.46 bits per heavy atom. The SMILES string of the molecule is O=S(=O)(NCc1nccc(N2CCCC2)n1)c1c(F)cccc1F. The predicted molar refractivity (Wildman–Crippen MR) is 83.9 cm³/mol. The number of hydrogen-bond donors (Lipinski definition) is 1. The minimum atomic E-state index is -4.35. The van der Waals surface area contributed by atoms with Crippen LogP contribution in [-0.4, -0.2) is 31.5 Å². The quantitative estimate of drug-likeness (QED) is 0.887. The van der Waals surface area contributed by atoms with E-state index in [4.69, 9.17) is 0 Å². The second-order valence-corrected chi connectivity index (χ2v) is 7.10. The first-order valence-electron chi connectivity index (χ1n) is 7.48.